The lowest BCUT2D eigenvalue weighted by atomic mass is 9.99. The Bertz CT molecular complexity index is 788. The molecule has 2 aromatic rings. The molecule has 0 aliphatic carbocycles. The highest BCUT2D eigenvalue weighted by molar-refractivity contribution is 5.88. The first kappa shape index (κ1) is 21.3. The molecule has 0 amide bonds. The Balaban J connectivity index is 0.000000300. The maximum Gasteiger partial charge on any atom is 0.328 e. The molecule has 0 aromatic heterocycles. The molecular formula is C22H25NO5. The van der Waals surface area contributed by atoms with Gasteiger partial charge in [-0.1, -0.05) is 54.6 Å². The van der Waals surface area contributed by atoms with Crippen molar-refractivity contribution in [1.82, 2.24) is 0 Å². The van der Waals surface area contributed by atoms with Gasteiger partial charge in [0.05, 0.1) is 12.5 Å². The number of hydrogen-bond acceptors (Lipinski definition) is 4. The minimum Gasteiger partial charge on any atom is -0.545 e. The summed E-state index contributed by atoms with van der Waals surface area (Å²) >= 11 is 0. The van der Waals surface area contributed by atoms with Gasteiger partial charge >= 0.3 is 5.97 Å². The molecule has 3 rings (SSSR count). The van der Waals surface area contributed by atoms with Crippen molar-refractivity contribution in [2.24, 2.45) is 0 Å². The van der Waals surface area contributed by atoms with Crippen LogP contribution in [0, 0.1) is 0 Å². The van der Waals surface area contributed by atoms with Gasteiger partial charge in [-0.15, -0.1) is 0 Å². The van der Waals surface area contributed by atoms with Crippen LogP contribution in [0.5, 0.6) is 0 Å². The van der Waals surface area contributed by atoms with Gasteiger partial charge in [-0.05, 0) is 17.2 Å². The van der Waals surface area contributed by atoms with E-state index in [1.165, 1.54) is 29.7 Å². The number of hydrogen-bond donors (Lipinski definition) is 2. The SMILES string of the molecule is COC(C[NH+]1CCc2ccccc2C1)c1ccccc1.O=C([O-])/C=C/C(=O)O. The number of carboxylic acids is 2. The summed E-state index contributed by atoms with van der Waals surface area (Å²) in [6, 6.07) is 19.4. The molecule has 0 fully saturated rings. The molecule has 2 unspecified atom stereocenters. The number of nitrogens with one attached hydrogen (secondary N) is 1. The fourth-order valence-corrected chi connectivity index (χ4v) is 3.22. The third-order valence-electron chi connectivity index (χ3n) is 4.60. The van der Waals surface area contributed by atoms with Crippen LogP contribution in [0.3, 0.4) is 0 Å². The average Bonchev–Trinajstić information content (AvgIpc) is 2.71. The summed E-state index contributed by atoms with van der Waals surface area (Å²) in [5.41, 5.74) is 4.29. The average molecular weight is 383 g/mol. The fraction of sp³-hybridized carbons (Fsp3) is 0.273. The third-order valence-corrected chi connectivity index (χ3v) is 4.60. The summed E-state index contributed by atoms with van der Waals surface area (Å²) in [6.07, 6.45) is 2.31. The van der Waals surface area contributed by atoms with E-state index in [1.807, 2.05) is 7.11 Å². The fourth-order valence-electron chi connectivity index (χ4n) is 3.22. The topological polar surface area (TPSA) is 91.1 Å². The largest absolute Gasteiger partial charge is 0.545 e. The van der Waals surface area contributed by atoms with Crippen molar-refractivity contribution in [1.29, 1.82) is 0 Å². The number of ether oxygens (including phenoxy) is 1. The smallest absolute Gasteiger partial charge is 0.328 e. The number of methoxy groups -OCH3 is 1. The summed E-state index contributed by atoms with van der Waals surface area (Å²) < 4.78 is 5.71. The number of carbonyl (C=O) groups is 2. The van der Waals surface area contributed by atoms with E-state index < -0.39 is 11.9 Å². The minimum atomic E-state index is -1.51. The molecule has 2 N–H and O–H groups in total. The van der Waals surface area contributed by atoms with Crippen LogP contribution in [-0.2, 0) is 27.3 Å². The van der Waals surface area contributed by atoms with E-state index >= 15 is 0 Å². The molecule has 6 nitrogen and oxygen atoms in total. The Hall–Kier alpha value is -2.96. The first-order valence-corrected chi connectivity index (χ1v) is 9.09. The Kier molecular flexibility index (Phi) is 8.39. The van der Waals surface area contributed by atoms with Crippen LogP contribution in [0.1, 0.15) is 22.8 Å². The Morgan fingerprint density at radius 2 is 1.75 bits per heavy atom. The summed E-state index contributed by atoms with van der Waals surface area (Å²) in [5, 5.41) is 17.2. The van der Waals surface area contributed by atoms with Gasteiger partial charge in [0.25, 0.3) is 0 Å². The molecular weight excluding hydrogens is 358 g/mol. The highest BCUT2D eigenvalue weighted by Gasteiger charge is 2.23. The summed E-state index contributed by atoms with van der Waals surface area (Å²) in [5.74, 6) is -2.80. The Labute approximate surface area is 164 Å². The van der Waals surface area contributed by atoms with Crippen molar-refractivity contribution >= 4 is 11.9 Å². The standard InChI is InChI=1S/C18H21NO.C4H4O4/c1-20-18(16-8-3-2-4-9-16)14-19-12-11-15-7-5-6-10-17(15)13-19;5-3(6)1-2-4(7)8/h2-10,18H,11-14H2,1H3;1-2H,(H,5,6)(H,7,8)/b;2-1+. The predicted molar refractivity (Wildman–Crippen MR) is 103 cm³/mol. The second-order valence-electron chi connectivity index (χ2n) is 6.53. The first-order valence-electron chi connectivity index (χ1n) is 9.09. The van der Waals surface area contributed by atoms with Gasteiger partial charge in [0.1, 0.15) is 19.2 Å². The number of rotatable bonds is 6. The molecule has 0 spiro atoms. The lowest BCUT2D eigenvalue weighted by Gasteiger charge is -2.28. The van der Waals surface area contributed by atoms with Gasteiger partial charge in [-0.25, -0.2) is 4.79 Å². The van der Waals surface area contributed by atoms with Crippen LogP contribution < -0.4 is 10.0 Å². The number of benzene rings is 2. The van der Waals surface area contributed by atoms with Crippen molar-refractivity contribution < 1.29 is 29.4 Å². The van der Waals surface area contributed by atoms with Crippen molar-refractivity contribution in [3.63, 3.8) is 0 Å². The van der Waals surface area contributed by atoms with E-state index in [1.54, 1.807) is 4.90 Å². The molecule has 1 aliphatic rings. The minimum absolute atomic E-state index is 0.191. The molecule has 1 heterocycles. The second kappa shape index (κ2) is 11.0. The van der Waals surface area contributed by atoms with Crippen molar-refractivity contribution in [3.8, 4) is 0 Å². The predicted octanol–water partition coefficient (Wildman–Crippen LogP) is 0.392. The second-order valence-corrected chi connectivity index (χ2v) is 6.53. The monoisotopic (exact) mass is 383 g/mol. The molecule has 0 bridgehead atoms. The van der Waals surface area contributed by atoms with Gasteiger partial charge in [-0.2, -0.15) is 0 Å². The highest BCUT2D eigenvalue weighted by atomic mass is 16.5. The lowest BCUT2D eigenvalue weighted by molar-refractivity contribution is -0.919. The van der Waals surface area contributed by atoms with Crippen molar-refractivity contribution in [2.45, 2.75) is 19.1 Å². The molecule has 2 atom stereocenters. The van der Waals surface area contributed by atoms with Gasteiger partial charge in [0, 0.05) is 25.2 Å². The van der Waals surface area contributed by atoms with E-state index in [4.69, 9.17) is 9.84 Å². The number of quaternary nitrogens is 1. The number of carbonyl (C=O) groups excluding carboxylic acids is 1. The van der Waals surface area contributed by atoms with Gasteiger partial charge in [0.15, 0.2) is 0 Å². The van der Waals surface area contributed by atoms with E-state index in [-0.39, 0.29) is 6.10 Å². The quantitative estimate of drug-likeness (QED) is 0.705. The number of carboxylic acid groups (broad SMARTS) is 2. The van der Waals surface area contributed by atoms with Crippen LogP contribution >= 0.6 is 0 Å². The lowest BCUT2D eigenvalue weighted by Crippen LogP contribution is -3.12. The molecule has 0 saturated carbocycles. The Morgan fingerprint density at radius 1 is 1.11 bits per heavy atom. The number of aliphatic carboxylic acids is 2. The molecule has 148 valence electrons. The Morgan fingerprint density at radius 3 is 2.32 bits per heavy atom. The zero-order chi connectivity index (χ0) is 20.4. The zero-order valence-corrected chi connectivity index (χ0v) is 15.8. The highest BCUT2D eigenvalue weighted by Crippen LogP contribution is 2.15. The zero-order valence-electron chi connectivity index (χ0n) is 15.8. The van der Waals surface area contributed by atoms with Gasteiger partial charge in [-0.3, -0.25) is 0 Å². The maximum absolute atomic E-state index is 9.53. The van der Waals surface area contributed by atoms with Gasteiger partial charge in [0.2, 0.25) is 0 Å². The molecule has 6 heteroatoms. The summed E-state index contributed by atoms with van der Waals surface area (Å²) in [4.78, 5) is 20.6. The van der Waals surface area contributed by atoms with E-state index in [0.717, 1.165) is 13.1 Å². The van der Waals surface area contributed by atoms with Gasteiger partial charge < -0.3 is 24.6 Å². The maximum atomic E-state index is 9.53. The van der Waals surface area contributed by atoms with E-state index in [0.29, 0.717) is 12.2 Å². The van der Waals surface area contributed by atoms with E-state index in [2.05, 4.69) is 54.6 Å². The molecule has 0 radical (unpaired) electrons. The summed E-state index contributed by atoms with van der Waals surface area (Å²) in [7, 11) is 1.81. The normalized spacial score (nSPS) is 16.5. The molecule has 1 aliphatic heterocycles. The van der Waals surface area contributed by atoms with Crippen molar-refractivity contribution in [2.75, 3.05) is 20.2 Å². The molecule has 28 heavy (non-hydrogen) atoms. The van der Waals surface area contributed by atoms with Crippen LogP contribution in [-0.4, -0.2) is 37.2 Å². The first-order chi connectivity index (χ1) is 13.5. The third kappa shape index (κ3) is 6.98. The van der Waals surface area contributed by atoms with Crippen LogP contribution in [0.15, 0.2) is 66.7 Å². The molecule has 2 aromatic carbocycles. The van der Waals surface area contributed by atoms with Crippen LogP contribution in [0.4, 0.5) is 0 Å². The van der Waals surface area contributed by atoms with Crippen LogP contribution in [0.25, 0.3) is 0 Å². The summed E-state index contributed by atoms with van der Waals surface area (Å²) in [6.45, 7) is 3.35. The van der Waals surface area contributed by atoms with Crippen LogP contribution in [0.2, 0.25) is 0 Å². The molecule has 0 saturated heterocycles. The van der Waals surface area contributed by atoms with E-state index in [9.17, 15) is 14.7 Å². The van der Waals surface area contributed by atoms with Crippen molar-refractivity contribution in [3.05, 3.63) is 83.4 Å². The number of fused-ring (bicyclic) bond motifs is 1.